The van der Waals surface area contributed by atoms with Gasteiger partial charge in [0.05, 0.1) is 10.7 Å². The molecule has 0 amide bonds. The van der Waals surface area contributed by atoms with Crippen LogP contribution >= 0.6 is 23.2 Å². The Hall–Kier alpha value is -3.67. The van der Waals surface area contributed by atoms with Crippen LogP contribution in [-0.4, -0.2) is 15.0 Å². The maximum atomic E-state index is 6.23. The molecule has 0 aliphatic heterocycles. The van der Waals surface area contributed by atoms with Gasteiger partial charge in [0.15, 0.2) is 5.69 Å². The highest BCUT2D eigenvalue weighted by molar-refractivity contribution is 6.31. The number of hydrogen-bond acceptors (Lipinski definition) is 3. The number of halogens is 2. The molecule has 5 nitrogen and oxygen atoms in total. The SMILES string of the molecule is Clc1cccc(-n2nc(-c3ccc(OCc4ccccc4)cc3)n[n+]2-c2cccc(Cl)c2)c1. The minimum atomic E-state index is 0.511. The van der Waals surface area contributed by atoms with Crippen molar-refractivity contribution in [1.82, 2.24) is 15.0 Å². The molecule has 0 saturated heterocycles. The lowest BCUT2D eigenvalue weighted by molar-refractivity contribution is -0.734. The molecule has 162 valence electrons. The fourth-order valence-electron chi connectivity index (χ4n) is 3.38. The smallest absolute Gasteiger partial charge is 0.340 e. The summed E-state index contributed by atoms with van der Waals surface area (Å²) in [6.45, 7) is 0.511. The number of hydrogen-bond donors (Lipinski definition) is 0. The number of benzene rings is 4. The van der Waals surface area contributed by atoms with E-state index in [1.165, 1.54) is 0 Å². The van der Waals surface area contributed by atoms with E-state index in [0.717, 1.165) is 28.3 Å². The standard InChI is InChI=1S/C26H19Cl2N4O/c27-21-8-4-10-23(16-21)31-29-26(30-32(31)24-11-5-9-22(28)17-24)20-12-14-25(15-13-20)33-18-19-6-2-1-3-7-19/h1-17H,18H2/q+1. The first-order valence-electron chi connectivity index (χ1n) is 10.3. The van der Waals surface area contributed by atoms with Crippen LogP contribution in [0.1, 0.15) is 5.56 Å². The van der Waals surface area contributed by atoms with Gasteiger partial charge in [-0.3, -0.25) is 0 Å². The molecule has 7 heteroatoms. The van der Waals surface area contributed by atoms with Gasteiger partial charge in [0.1, 0.15) is 18.0 Å². The average Bonchev–Trinajstić information content (AvgIpc) is 3.29. The van der Waals surface area contributed by atoms with Crippen LogP contribution in [0.5, 0.6) is 5.75 Å². The predicted molar refractivity (Wildman–Crippen MR) is 129 cm³/mol. The Morgan fingerprint density at radius 3 is 2.21 bits per heavy atom. The summed E-state index contributed by atoms with van der Waals surface area (Å²) >= 11 is 12.5. The van der Waals surface area contributed by atoms with Crippen LogP contribution < -0.4 is 9.53 Å². The molecule has 0 aliphatic rings. The Morgan fingerprint density at radius 2 is 1.48 bits per heavy atom. The zero-order valence-corrected chi connectivity index (χ0v) is 19.0. The van der Waals surface area contributed by atoms with Crippen LogP contribution in [-0.2, 0) is 6.61 Å². The monoisotopic (exact) mass is 473 g/mol. The zero-order valence-electron chi connectivity index (χ0n) is 17.5. The predicted octanol–water partition coefficient (Wildman–Crippen LogP) is 6.10. The van der Waals surface area contributed by atoms with E-state index in [1.54, 1.807) is 9.59 Å². The first-order valence-corrected chi connectivity index (χ1v) is 11.1. The van der Waals surface area contributed by atoms with Gasteiger partial charge in [-0.05, 0) is 70.1 Å². The fourth-order valence-corrected chi connectivity index (χ4v) is 3.75. The van der Waals surface area contributed by atoms with E-state index in [4.69, 9.17) is 38.1 Å². The van der Waals surface area contributed by atoms with Crippen LogP contribution in [0, 0.1) is 0 Å². The zero-order chi connectivity index (χ0) is 22.6. The number of rotatable bonds is 6. The second-order valence-electron chi connectivity index (χ2n) is 7.36. The van der Waals surface area contributed by atoms with E-state index in [-0.39, 0.29) is 0 Å². The van der Waals surface area contributed by atoms with E-state index in [1.807, 2.05) is 103 Å². The maximum Gasteiger partial charge on any atom is 0.340 e. The number of tetrazole rings is 1. The fraction of sp³-hybridized carbons (Fsp3) is 0.0385. The summed E-state index contributed by atoms with van der Waals surface area (Å²) in [5.41, 5.74) is 3.54. The van der Waals surface area contributed by atoms with Gasteiger partial charge in [0.25, 0.3) is 0 Å². The highest BCUT2D eigenvalue weighted by atomic mass is 35.5. The van der Waals surface area contributed by atoms with Gasteiger partial charge in [-0.25, -0.2) is 0 Å². The first kappa shape index (κ1) is 21.2. The molecule has 0 radical (unpaired) electrons. The molecule has 0 atom stereocenters. The van der Waals surface area contributed by atoms with Crippen molar-refractivity contribution in [2.45, 2.75) is 6.61 Å². The van der Waals surface area contributed by atoms with Crippen LogP contribution in [0.2, 0.25) is 10.0 Å². The van der Waals surface area contributed by atoms with Gasteiger partial charge >= 0.3 is 5.82 Å². The average molecular weight is 474 g/mol. The lowest BCUT2D eigenvalue weighted by Crippen LogP contribution is -2.43. The summed E-state index contributed by atoms with van der Waals surface area (Å²) < 4.78 is 5.90. The van der Waals surface area contributed by atoms with E-state index < -0.39 is 0 Å². The molecular weight excluding hydrogens is 455 g/mol. The first-order chi connectivity index (χ1) is 16.2. The molecule has 0 unspecified atom stereocenters. The molecule has 0 bridgehead atoms. The van der Waals surface area contributed by atoms with Crippen LogP contribution in [0.25, 0.3) is 22.8 Å². The van der Waals surface area contributed by atoms with Gasteiger partial charge < -0.3 is 4.74 Å². The number of nitrogens with zero attached hydrogens (tertiary/aromatic N) is 4. The molecule has 1 aromatic heterocycles. The quantitative estimate of drug-likeness (QED) is 0.280. The van der Waals surface area contributed by atoms with Crippen LogP contribution in [0.4, 0.5) is 0 Å². The van der Waals surface area contributed by atoms with Crippen molar-refractivity contribution in [1.29, 1.82) is 0 Å². The summed E-state index contributed by atoms with van der Waals surface area (Å²) in [6, 6.07) is 32.7. The van der Waals surface area contributed by atoms with Crippen LogP contribution in [0.15, 0.2) is 103 Å². The Labute approximate surface area is 201 Å². The van der Waals surface area contributed by atoms with Crippen molar-refractivity contribution in [2.24, 2.45) is 0 Å². The van der Waals surface area contributed by atoms with E-state index in [0.29, 0.717) is 22.5 Å². The number of aromatic nitrogens is 4. The summed E-state index contributed by atoms with van der Waals surface area (Å²) in [5, 5.41) is 10.7. The Kier molecular flexibility index (Phi) is 6.07. The summed E-state index contributed by atoms with van der Waals surface area (Å²) in [6.07, 6.45) is 0. The van der Waals surface area contributed by atoms with Crippen molar-refractivity contribution in [2.75, 3.05) is 0 Å². The van der Waals surface area contributed by atoms with Gasteiger partial charge in [-0.15, -0.1) is 0 Å². The van der Waals surface area contributed by atoms with Crippen molar-refractivity contribution in [3.8, 4) is 28.5 Å². The molecule has 0 fully saturated rings. The van der Waals surface area contributed by atoms with Crippen molar-refractivity contribution in [3.63, 3.8) is 0 Å². The molecule has 1 heterocycles. The molecule has 0 saturated carbocycles. The maximum absolute atomic E-state index is 6.23. The molecular formula is C26H19Cl2N4O+. The summed E-state index contributed by atoms with van der Waals surface area (Å²) in [5.74, 6) is 1.34. The van der Waals surface area contributed by atoms with Gasteiger partial charge in [0.2, 0.25) is 0 Å². The van der Waals surface area contributed by atoms with Crippen molar-refractivity contribution in [3.05, 3.63) is 119 Å². The Bertz CT molecular complexity index is 1320. The largest absolute Gasteiger partial charge is 0.489 e. The molecule has 0 spiro atoms. The molecule has 5 aromatic rings. The summed E-state index contributed by atoms with van der Waals surface area (Å²) in [4.78, 5) is 3.40. The molecule has 0 N–H and O–H groups in total. The van der Waals surface area contributed by atoms with Crippen molar-refractivity contribution >= 4 is 23.2 Å². The third-order valence-electron chi connectivity index (χ3n) is 5.00. The minimum Gasteiger partial charge on any atom is -0.489 e. The molecule has 33 heavy (non-hydrogen) atoms. The topological polar surface area (TPSA) is 43.8 Å². The summed E-state index contributed by atoms with van der Waals surface area (Å²) in [7, 11) is 0. The third-order valence-corrected chi connectivity index (χ3v) is 5.47. The number of ether oxygens (including phenoxy) is 1. The second kappa shape index (κ2) is 9.45. The highest BCUT2D eigenvalue weighted by Gasteiger charge is 2.23. The molecule has 4 aromatic carbocycles. The van der Waals surface area contributed by atoms with E-state index >= 15 is 0 Å². The lowest BCUT2D eigenvalue weighted by atomic mass is 10.2. The second-order valence-corrected chi connectivity index (χ2v) is 8.23. The molecule has 5 rings (SSSR count). The Morgan fingerprint density at radius 1 is 0.758 bits per heavy atom. The van der Waals surface area contributed by atoms with Gasteiger partial charge in [-0.1, -0.05) is 65.7 Å². The van der Waals surface area contributed by atoms with Crippen LogP contribution in [0.3, 0.4) is 0 Å². The molecule has 0 aliphatic carbocycles. The van der Waals surface area contributed by atoms with Crippen molar-refractivity contribution < 1.29 is 9.53 Å². The highest BCUT2D eigenvalue weighted by Crippen LogP contribution is 2.21. The normalized spacial score (nSPS) is 10.8. The minimum absolute atomic E-state index is 0.511. The Balaban J connectivity index is 1.47. The van der Waals surface area contributed by atoms with E-state index in [9.17, 15) is 0 Å². The van der Waals surface area contributed by atoms with E-state index in [2.05, 4.69) is 0 Å². The van der Waals surface area contributed by atoms with Gasteiger partial charge in [0, 0.05) is 20.9 Å². The lowest BCUT2D eigenvalue weighted by Gasteiger charge is -2.05. The third kappa shape index (κ3) is 4.90. The van der Waals surface area contributed by atoms with Gasteiger partial charge in [-0.2, -0.15) is 0 Å².